The molecule has 234 valence electrons. The molecule has 2 heterocycles. The number of thioether (sulfide) groups is 1. The molecule has 0 radical (unpaired) electrons. The molecule has 5 rings (SSSR count). The fraction of sp³-hybridized carbons (Fsp3) is 0.273. The first-order chi connectivity index (χ1) is 21.4. The summed E-state index contributed by atoms with van der Waals surface area (Å²) < 4.78 is 42.7. The predicted molar refractivity (Wildman–Crippen MR) is 173 cm³/mol. The van der Waals surface area contributed by atoms with Gasteiger partial charge in [-0.2, -0.15) is 4.99 Å². The zero-order chi connectivity index (χ0) is 32.3. The van der Waals surface area contributed by atoms with Crippen LogP contribution in [-0.4, -0.2) is 44.1 Å². The van der Waals surface area contributed by atoms with Crippen molar-refractivity contribution in [2.75, 3.05) is 10.7 Å². The number of carbonyl (C=O) groups excluding carboxylic acids is 1. The number of halogens is 3. The standard InChI is InChI=1S/C33H33F3N6O2S/c1-20-16-21(2)29(22(3)17-20)42-24(5)14-15-45-32(42)39-31(43)38-23(4)18-25-6-8-26(9-7-25)30-37-19-41(40-30)27-10-12-28(13-11-27)44-33(34,35)36/h6-13,16-19,24H,14-15H2,1-5H3,(H,38,43)/b23-18+,39-32?. The minimum Gasteiger partial charge on any atom is -0.406 e. The van der Waals surface area contributed by atoms with Crippen LogP contribution in [0, 0.1) is 20.8 Å². The topological polar surface area (TPSA) is 84.6 Å². The van der Waals surface area contributed by atoms with E-state index in [1.807, 2.05) is 37.3 Å². The fourth-order valence-electron chi connectivity index (χ4n) is 5.28. The number of alkyl halides is 3. The van der Waals surface area contributed by atoms with Gasteiger partial charge in [0.05, 0.1) is 5.69 Å². The number of aliphatic imine (C=N–C) groups is 1. The zero-order valence-corrected chi connectivity index (χ0v) is 26.3. The Morgan fingerprint density at radius 3 is 2.38 bits per heavy atom. The first-order valence-electron chi connectivity index (χ1n) is 14.3. The summed E-state index contributed by atoms with van der Waals surface area (Å²) in [5.41, 5.74) is 7.40. The minimum absolute atomic E-state index is 0.215. The van der Waals surface area contributed by atoms with Crippen molar-refractivity contribution < 1.29 is 22.7 Å². The molecule has 8 nitrogen and oxygen atoms in total. The highest BCUT2D eigenvalue weighted by molar-refractivity contribution is 8.14. The number of amidine groups is 1. The summed E-state index contributed by atoms with van der Waals surface area (Å²) in [4.78, 5) is 24.0. The summed E-state index contributed by atoms with van der Waals surface area (Å²) >= 11 is 1.59. The van der Waals surface area contributed by atoms with Gasteiger partial charge in [-0.15, -0.1) is 18.3 Å². The average molecular weight is 635 g/mol. The third kappa shape index (κ3) is 7.93. The number of hydrogen-bond acceptors (Lipinski definition) is 5. The number of benzene rings is 3. The molecule has 12 heteroatoms. The second kappa shape index (κ2) is 13.2. The lowest BCUT2D eigenvalue weighted by molar-refractivity contribution is -0.274. The van der Waals surface area contributed by atoms with Gasteiger partial charge in [-0.25, -0.2) is 14.5 Å². The third-order valence-corrected chi connectivity index (χ3v) is 8.16. The van der Waals surface area contributed by atoms with E-state index in [-0.39, 0.29) is 11.8 Å². The van der Waals surface area contributed by atoms with Gasteiger partial charge in [0.2, 0.25) is 0 Å². The Bertz CT molecular complexity index is 1720. The average Bonchev–Trinajstić information content (AvgIpc) is 3.44. The lowest BCUT2D eigenvalue weighted by Crippen LogP contribution is -2.43. The van der Waals surface area contributed by atoms with Crippen LogP contribution in [0.4, 0.5) is 23.7 Å². The highest BCUT2D eigenvalue weighted by atomic mass is 32.2. The molecular formula is C33H33F3N6O2S. The Kier molecular flexibility index (Phi) is 9.33. The summed E-state index contributed by atoms with van der Waals surface area (Å²) in [6.45, 7) is 10.2. The van der Waals surface area contributed by atoms with Gasteiger partial charge in [0, 0.05) is 28.7 Å². The molecule has 0 spiro atoms. The molecule has 0 bridgehead atoms. The first-order valence-corrected chi connectivity index (χ1v) is 15.3. The van der Waals surface area contributed by atoms with E-state index in [1.54, 1.807) is 11.8 Å². The largest absolute Gasteiger partial charge is 0.573 e. The van der Waals surface area contributed by atoms with Crippen molar-refractivity contribution in [2.45, 2.75) is 53.4 Å². The van der Waals surface area contributed by atoms with Gasteiger partial charge >= 0.3 is 12.4 Å². The monoisotopic (exact) mass is 634 g/mol. The molecule has 45 heavy (non-hydrogen) atoms. The number of hydrogen-bond donors (Lipinski definition) is 1. The van der Waals surface area contributed by atoms with E-state index < -0.39 is 12.4 Å². The molecule has 3 aromatic carbocycles. The molecule has 1 fully saturated rings. The van der Waals surface area contributed by atoms with Crippen molar-refractivity contribution in [3.63, 3.8) is 0 Å². The maximum atomic E-state index is 13.0. The molecule has 1 aliphatic rings. The number of carbonyl (C=O) groups is 1. The van der Waals surface area contributed by atoms with Gasteiger partial charge in [0.1, 0.15) is 12.1 Å². The molecule has 1 aromatic heterocycles. The normalized spacial score (nSPS) is 16.6. The molecule has 1 saturated heterocycles. The number of allylic oxidation sites excluding steroid dienone is 1. The van der Waals surface area contributed by atoms with E-state index in [0.29, 0.717) is 22.4 Å². The number of urea groups is 1. The molecule has 0 aliphatic carbocycles. The zero-order valence-electron chi connectivity index (χ0n) is 25.5. The summed E-state index contributed by atoms with van der Waals surface area (Å²) in [5, 5.41) is 8.01. The Balaban J connectivity index is 1.25. The number of amides is 2. The van der Waals surface area contributed by atoms with Gasteiger partial charge in [0.25, 0.3) is 0 Å². The second-order valence-electron chi connectivity index (χ2n) is 10.9. The Morgan fingerprint density at radius 1 is 1.07 bits per heavy atom. The Labute approximate surface area is 264 Å². The van der Waals surface area contributed by atoms with E-state index in [4.69, 9.17) is 0 Å². The van der Waals surface area contributed by atoms with E-state index in [2.05, 4.69) is 69.9 Å². The number of aryl methyl sites for hydroxylation is 3. The summed E-state index contributed by atoms with van der Waals surface area (Å²) in [6.07, 6.45) is -0.424. The van der Waals surface area contributed by atoms with E-state index in [9.17, 15) is 18.0 Å². The van der Waals surface area contributed by atoms with Crippen LogP contribution in [0.25, 0.3) is 23.2 Å². The van der Waals surface area contributed by atoms with Crippen LogP contribution in [0.2, 0.25) is 0 Å². The van der Waals surface area contributed by atoms with E-state index in [1.165, 1.54) is 40.8 Å². The molecular weight excluding hydrogens is 601 g/mol. The van der Waals surface area contributed by atoms with Crippen molar-refractivity contribution in [1.82, 2.24) is 20.1 Å². The molecule has 1 N–H and O–H groups in total. The molecule has 1 atom stereocenters. The SMILES string of the molecule is C/C(=C\c1ccc(-c2ncn(-c3ccc(OC(F)(F)F)cc3)n2)cc1)NC(=O)N=C1SCCC(C)N1c1c(C)cc(C)cc1C. The highest BCUT2D eigenvalue weighted by Crippen LogP contribution is 2.34. The van der Waals surface area contributed by atoms with Gasteiger partial charge in [-0.1, -0.05) is 53.7 Å². The number of aromatic nitrogens is 3. The predicted octanol–water partition coefficient (Wildman–Crippen LogP) is 8.22. The molecule has 4 aromatic rings. The second-order valence-corrected chi connectivity index (χ2v) is 12.0. The number of ether oxygens (including phenoxy) is 1. The lowest BCUT2D eigenvalue weighted by atomic mass is 10.0. The molecule has 1 unspecified atom stereocenters. The molecule has 1 aliphatic heterocycles. The Morgan fingerprint density at radius 2 is 1.73 bits per heavy atom. The maximum absolute atomic E-state index is 13.0. The van der Waals surface area contributed by atoms with Crippen molar-refractivity contribution in [3.8, 4) is 22.8 Å². The van der Waals surface area contributed by atoms with Crippen molar-refractivity contribution >= 4 is 34.7 Å². The van der Waals surface area contributed by atoms with Crippen LogP contribution in [0.1, 0.15) is 42.5 Å². The number of nitrogens with zero attached hydrogens (tertiary/aromatic N) is 5. The summed E-state index contributed by atoms with van der Waals surface area (Å²) in [5.74, 6) is 1.03. The molecule has 2 amide bonds. The van der Waals surface area contributed by atoms with Gasteiger partial charge < -0.3 is 15.0 Å². The van der Waals surface area contributed by atoms with Crippen LogP contribution < -0.4 is 15.0 Å². The van der Waals surface area contributed by atoms with Crippen LogP contribution in [0.3, 0.4) is 0 Å². The van der Waals surface area contributed by atoms with Gasteiger partial charge in [-0.3, -0.25) is 0 Å². The highest BCUT2D eigenvalue weighted by Gasteiger charge is 2.31. The minimum atomic E-state index is -4.75. The van der Waals surface area contributed by atoms with Crippen LogP contribution in [-0.2, 0) is 0 Å². The Hall–Kier alpha value is -4.58. The van der Waals surface area contributed by atoms with Gasteiger partial charge in [0.15, 0.2) is 11.0 Å². The maximum Gasteiger partial charge on any atom is 0.573 e. The number of anilines is 1. The van der Waals surface area contributed by atoms with Crippen molar-refractivity contribution in [2.24, 2.45) is 4.99 Å². The lowest BCUT2D eigenvalue weighted by Gasteiger charge is -2.37. The first kappa shape index (κ1) is 31.8. The quantitative estimate of drug-likeness (QED) is 0.230. The summed E-state index contributed by atoms with van der Waals surface area (Å²) in [7, 11) is 0. The van der Waals surface area contributed by atoms with Crippen LogP contribution in [0.5, 0.6) is 5.75 Å². The van der Waals surface area contributed by atoms with E-state index >= 15 is 0 Å². The molecule has 0 saturated carbocycles. The van der Waals surface area contributed by atoms with Crippen LogP contribution >= 0.6 is 11.8 Å². The summed E-state index contributed by atoms with van der Waals surface area (Å²) in [6, 6.07) is 16.9. The van der Waals surface area contributed by atoms with Crippen molar-refractivity contribution in [3.05, 3.63) is 94.9 Å². The number of rotatable bonds is 6. The smallest absolute Gasteiger partial charge is 0.406 e. The van der Waals surface area contributed by atoms with Crippen LogP contribution in [0.15, 0.2) is 77.7 Å². The third-order valence-electron chi connectivity index (χ3n) is 7.17. The number of nitrogens with one attached hydrogen (secondary N) is 1. The fourth-order valence-corrected chi connectivity index (χ4v) is 6.48. The van der Waals surface area contributed by atoms with E-state index in [0.717, 1.165) is 40.1 Å². The van der Waals surface area contributed by atoms with Gasteiger partial charge in [-0.05, 0) is 88.1 Å². The van der Waals surface area contributed by atoms with Crippen molar-refractivity contribution in [1.29, 1.82) is 0 Å².